The lowest BCUT2D eigenvalue weighted by Gasteiger charge is -2.24. The monoisotopic (exact) mass is 308 g/mol. The molecule has 0 heteroatoms. The van der Waals surface area contributed by atoms with Gasteiger partial charge in [-0.25, -0.2) is 0 Å². The molecule has 22 heavy (non-hydrogen) atoms. The Kier molecular flexibility index (Phi) is 12.2. The van der Waals surface area contributed by atoms with Crippen molar-refractivity contribution in [1.82, 2.24) is 0 Å². The summed E-state index contributed by atoms with van der Waals surface area (Å²) in [6.45, 7) is 5.00. The third kappa shape index (κ3) is 12.5. The van der Waals surface area contributed by atoms with Crippen molar-refractivity contribution in [2.75, 3.05) is 0 Å². The van der Waals surface area contributed by atoms with Crippen molar-refractivity contribution in [3.8, 4) is 0 Å². The molecule has 1 rings (SSSR count). The second-order valence-corrected chi connectivity index (χ2v) is 8.67. The van der Waals surface area contributed by atoms with Gasteiger partial charge in [0.05, 0.1) is 0 Å². The molecule has 0 aromatic rings. The molecule has 0 atom stereocenters. The molecule has 0 radical (unpaired) electrons. The minimum absolute atomic E-state index is 0.598. The predicted molar refractivity (Wildman–Crippen MR) is 102 cm³/mol. The fraction of sp³-hybridized carbons (Fsp3) is 1.00. The van der Waals surface area contributed by atoms with Crippen molar-refractivity contribution < 1.29 is 0 Å². The van der Waals surface area contributed by atoms with Gasteiger partial charge in [0, 0.05) is 0 Å². The van der Waals surface area contributed by atoms with Crippen LogP contribution >= 0.6 is 0 Å². The Morgan fingerprint density at radius 3 is 0.727 bits per heavy atom. The Morgan fingerprint density at radius 2 is 0.500 bits per heavy atom. The molecular weight excluding hydrogens is 264 g/mol. The molecule has 1 fully saturated rings. The largest absolute Gasteiger partial charge is 0.0599 e. The Hall–Kier alpha value is 0. The molecule has 0 amide bonds. The summed E-state index contributed by atoms with van der Waals surface area (Å²) < 4.78 is 0. The van der Waals surface area contributed by atoms with Crippen LogP contribution in [0.2, 0.25) is 0 Å². The van der Waals surface area contributed by atoms with Crippen LogP contribution in [0.5, 0.6) is 0 Å². The molecule has 0 heterocycles. The second-order valence-electron chi connectivity index (χ2n) is 8.67. The lowest BCUT2D eigenvalue weighted by molar-refractivity contribution is 0.282. The van der Waals surface area contributed by atoms with Gasteiger partial charge in [0.2, 0.25) is 0 Å². The topological polar surface area (TPSA) is 0 Å². The van der Waals surface area contributed by atoms with Crippen molar-refractivity contribution in [3.63, 3.8) is 0 Å². The third-order valence-electron chi connectivity index (χ3n) is 5.71. The Balaban J connectivity index is 2.17. The van der Waals surface area contributed by atoms with E-state index >= 15 is 0 Å². The third-order valence-corrected chi connectivity index (χ3v) is 5.71. The molecule has 0 unspecified atom stereocenters. The lowest BCUT2D eigenvalue weighted by Crippen LogP contribution is -2.11. The number of rotatable bonds is 0. The first kappa shape index (κ1) is 20.0. The number of hydrogen-bond donors (Lipinski definition) is 0. The van der Waals surface area contributed by atoms with E-state index in [1.807, 2.05) is 0 Å². The van der Waals surface area contributed by atoms with Gasteiger partial charge < -0.3 is 0 Å². The summed E-state index contributed by atoms with van der Waals surface area (Å²) in [5.41, 5.74) is 0.598. The van der Waals surface area contributed by atoms with E-state index in [4.69, 9.17) is 0 Å². The summed E-state index contributed by atoms with van der Waals surface area (Å²) in [5, 5.41) is 0. The van der Waals surface area contributed by atoms with Crippen LogP contribution in [-0.2, 0) is 0 Å². The standard InChI is InChI=1S/C22H44/c1-22(2)20-18-16-14-12-10-8-6-4-3-5-7-9-11-13-15-17-19-21-22/h3-21H2,1-2H3. The predicted octanol–water partition coefficient (Wildman–Crippen LogP) is 8.44. The highest BCUT2D eigenvalue weighted by Crippen LogP contribution is 2.30. The van der Waals surface area contributed by atoms with Crippen LogP contribution < -0.4 is 0 Å². The maximum absolute atomic E-state index is 2.50. The van der Waals surface area contributed by atoms with E-state index in [0.29, 0.717) is 5.41 Å². The van der Waals surface area contributed by atoms with Crippen LogP contribution in [0.4, 0.5) is 0 Å². The highest BCUT2D eigenvalue weighted by atomic mass is 14.2. The fourth-order valence-corrected chi connectivity index (χ4v) is 3.98. The van der Waals surface area contributed by atoms with Crippen LogP contribution in [0.15, 0.2) is 0 Å². The maximum Gasteiger partial charge on any atom is -0.0354 e. The molecule has 0 N–H and O–H groups in total. The van der Waals surface area contributed by atoms with E-state index in [9.17, 15) is 0 Å². The van der Waals surface area contributed by atoms with Gasteiger partial charge in [-0.2, -0.15) is 0 Å². The van der Waals surface area contributed by atoms with Gasteiger partial charge >= 0.3 is 0 Å². The van der Waals surface area contributed by atoms with Gasteiger partial charge in [-0.1, -0.05) is 123 Å². The van der Waals surface area contributed by atoms with Crippen molar-refractivity contribution in [1.29, 1.82) is 0 Å². The smallest absolute Gasteiger partial charge is 0.0354 e. The number of hydrogen-bond acceptors (Lipinski definition) is 0. The summed E-state index contributed by atoms with van der Waals surface area (Å²) in [7, 11) is 0. The van der Waals surface area contributed by atoms with E-state index in [1.54, 1.807) is 0 Å². The molecule has 0 aliphatic heterocycles. The molecule has 1 aliphatic carbocycles. The summed E-state index contributed by atoms with van der Waals surface area (Å²) in [4.78, 5) is 0. The molecular formula is C22H44. The first-order valence-electron chi connectivity index (χ1n) is 10.7. The molecule has 0 spiro atoms. The van der Waals surface area contributed by atoms with Crippen molar-refractivity contribution in [3.05, 3.63) is 0 Å². The van der Waals surface area contributed by atoms with E-state index in [1.165, 1.54) is 122 Å². The van der Waals surface area contributed by atoms with Crippen LogP contribution in [0.3, 0.4) is 0 Å². The van der Waals surface area contributed by atoms with Crippen molar-refractivity contribution in [2.24, 2.45) is 5.41 Å². The van der Waals surface area contributed by atoms with Crippen LogP contribution in [0, 0.1) is 5.41 Å². The summed E-state index contributed by atoms with van der Waals surface area (Å²) in [5.74, 6) is 0. The molecule has 0 aromatic carbocycles. The average Bonchev–Trinajstić information content (AvgIpc) is 2.48. The van der Waals surface area contributed by atoms with Gasteiger partial charge in [-0.3, -0.25) is 0 Å². The van der Waals surface area contributed by atoms with Crippen LogP contribution in [-0.4, -0.2) is 0 Å². The zero-order chi connectivity index (χ0) is 15.9. The van der Waals surface area contributed by atoms with Gasteiger partial charge in [0.25, 0.3) is 0 Å². The average molecular weight is 309 g/mol. The van der Waals surface area contributed by atoms with E-state index < -0.39 is 0 Å². The van der Waals surface area contributed by atoms with Gasteiger partial charge in [0.1, 0.15) is 0 Å². The van der Waals surface area contributed by atoms with Gasteiger partial charge in [-0.05, 0) is 18.3 Å². The quantitative estimate of drug-likeness (QED) is 0.421. The molecule has 0 bridgehead atoms. The van der Waals surface area contributed by atoms with Crippen molar-refractivity contribution >= 4 is 0 Å². The summed E-state index contributed by atoms with van der Waals surface area (Å²) in [6.07, 6.45) is 28.2. The molecule has 0 aromatic heterocycles. The molecule has 0 saturated heterocycles. The summed E-state index contributed by atoms with van der Waals surface area (Å²) >= 11 is 0. The van der Waals surface area contributed by atoms with E-state index in [0.717, 1.165) is 0 Å². The molecule has 1 aliphatic rings. The fourth-order valence-electron chi connectivity index (χ4n) is 3.98. The highest BCUT2D eigenvalue weighted by Gasteiger charge is 2.16. The van der Waals surface area contributed by atoms with Gasteiger partial charge in [-0.15, -0.1) is 0 Å². The van der Waals surface area contributed by atoms with E-state index in [2.05, 4.69) is 13.8 Å². The second kappa shape index (κ2) is 13.4. The lowest BCUT2D eigenvalue weighted by atomic mass is 9.81. The minimum Gasteiger partial charge on any atom is -0.0599 e. The normalized spacial score (nSPS) is 25.4. The molecule has 0 nitrogen and oxygen atoms in total. The Labute approximate surface area is 141 Å². The van der Waals surface area contributed by atoms with E-state index in [-0.39, 0.29) is 0 Å². The Morgan fingerprint density at radius 1 is 0.318 bits per heavy atom. The molecule has 132 valence electrons. The zero-order valence-corrected chi connectivity index (χ0v) is 15.9. The SMILES string of the molecule is CC1(C)CCCCCCCCCCCCCCCCCCC1. The Bertz CT molecular complexity index is 206. The first-order valence-corrected chi connectivity index (χ1v) is 10.7. The van der Waals surface area contributed by atoms with Crippen LogP contribution in [0.1, 0.15) is 136 Å². The summed E-state index contributed by atoms with van der Waals surface area (Å²) in [6, 6.07) is 0. The zero-order valence-electron chi connectivity index (χ0n) is 15.9. The highest BCUT2D eigenvalue weighted by molar-refractivity contribution is 4.69. The maximum atomic E-state index is 2.50. The first-order chi connectivity index (χ1) is 10.7. The van der Waals surface area contributed by atoms with Crippen LogP contribution in [0.25, 0.3) is 0 Å². The van der Waals surface area contributed by atoms with Crippen molar-refractivity contribution in [2.45, 2.75) is 136 Å². The minimum atomic E-state index is 0.598. The molecule has 1 saturated carbocycles. The van der Waals surface area contributed by atoms with Gasteiger partial charge in [0.15, 0.2) is 0 Å².